The number of H-pyrrole nitrogens is 2. The second kappa shape index (κ2) is 9.25. The number of aromatic amines is 2. The highest BCUT2D eigenvalue weighted by Gasteiger charge is 2.15. The first-order valence-electron chi connectivity index (χ1n) is 9.43. The molecular formula is C22H24N4O4. The van der Waals surface area contributed by atoms with Gasteiger partial charge in [0.15, 0.2) is 0 Å². The summed E-state index contributed by atoms with van der Waals surface area (Å²) in [5.74, 6) is -1.94. The summed E-state index contributed by atoms with van der Waals surface area (Å²) >= 11 is 0. The van der Waals surface area contributed by atoms with E-state index in [-0.39, 0.29) is 0 Å². The molecule has 0 spiro atoms. The largest absolute Gasteiger partial charge is 0.480 e. The lowest BCUT2D eigenvalue weighted by Crippen LogP contribution is -2.32. The maximum absolute atomic E-state index is 10.6. The van der Waals surface area contributed by atoms with Crippen molar-refractivity contribution >= 4 is 33.7 Å². The zero-order valence-electron chi connectivity index (χ0n) is 16.2. The monoisotopic (exact) mass is 408 g/mol. The minimum absolute atomic E-state index is 0.347. The van der Waals surface area contributed by atoms with E-state index in [1.165, 1.54) is 0 Å². The van der Waals surface area contributed by atoms with E-state index in [0.717, 1.165) is 32.9 Å². The van der Waals surface area contributed by atoms with Gasteiger partial charge in [0.25, 0.3) is 0 Å². The fraction of sp³-hybridized carbons (Fsp3) is 0.182. The molecule has 8 heteroatoms. The maximum atomic E-state index is 10.6. The quantitative estimate of drug-likeness (QED) is 0.287. The first kappa shape index (κ1) is 21.1. The smallest absolute Gasteiger partial charge is 0.320 e. The molecule has 2 aromatic carbocycles. The molecule has 0 aliphatic rings. The Morgan fingerprint density at radius 2 is 1.10 bits per heavy atom. The standard InChI is InChI=1S/2C11H12N2O2/c2*12-9(11(14)15)5-7-6-13-10-4-2-1-3-8(7)10/h2*1-4,6,9,13H,5,12H2,(H,14,15). The predicted octanol–water partition coefficient (Wildman–Crippen LogP) is 2.24. The summed E-state index contributed by atoms with van der Waals surface area (Å²) in [6.07, 6.45) is 4.32. The van der Waals surface area contributed by atoms with Crippen molar-refractivity contribution in [3.8, 4) is 0 Å². The van der Waals surface area contributed by atoms with E-state index in [1.54, 1.807) is 0 Å². The van der Waals surface area contributed by atoms with Crippen molar-refractivity contribution in [1.29, 1.82) is 0 Å². The van der Waals surface area contributed by atoms with Crippen molar-refractivity contribution in [2.75, 3.05) is 0 Å². The maximum Gasteiger partial charge on any atom is 0.320 e. The van der Waals surface area contributed by atoms with E-state index in [4.69, 9.17) is 21.7 Å². The number of carbonyl (C=O) groups is 2. The van der Waals surface area contributed by atoms with E-state index in [2.05, 4.69) is 9.97 Å². The Kier molecular flexibility index (Phi) is 6.51. The molecule has 8 nitrogen and oxygen atoms in total. The number of aromatic nitrogens is 2. The van der Waals surface area contributed by atoms with Crippen molar-refractivity contribution in [2.24, 2.45) is 11.5 Å². The number of carboxylic acid groups (broad SMARTS) is 2. The molecule has 0 saturated heterocycles. The number of aliphatic carboxylic acids is 2. The van der Waals surface area contributed by atoms with Crippen molar-refractivity contribution in [2.45, 2.75) is 24.9 Å². The fourth-order valence-corrected chi connectivity index (χ4v) is 3.25. The van der Waals surface area contributed by atoms with Crippen molar-refractivity contribution < 1.29 is 19.8 Å². The third-order valence-corrected chi connectivity index (χ3v) is 4.86. The van der Waals surface area contributed by atoms with Gasteiger partial charge in [-0.3, -0.25) is 9.59 Å². The first-order valence-corrected chi connectivity index (χ1v) is 9.43. The van der Waals surface area contributed by atoms with Crippen LogP contribution in [-0.2, 0) is 22.4 Å². The highest BCUT2D eigenvalue weighted by Crippen LogP contribution is 2.19. The highest BCUT2D eigenvalue weighted by atomic mass is 16.4. The SMILES string of the molecule is NC(Cc1c[nH]c2ccccc12)C(=O)O.NC(Cc1c[nH]c2ccccc12)C(=O)O. The second-order valence-corrected chi connectivity index (χ2v) is 7.02. The molecule has 0 aliphatic heterocycles. The molecular weight excluding hydrogens is 384 g/mol. The number of fused-ring (bicyclic) bond motifs is 2. The average Bonchev–Trinajstić information content (AvgIpc) is 3.33. The van der Waals surface area contributed by atoms with E-state index in [9.17, 15) is 9.59 Å². The van der Waals surface area contributed by atoms with E-state index in [1.807, 2.05) is 60.9 Å². The van der Waals surface area contributed by atoms with Crippen molar-refractivity contribution in [3.05, 3.63) is 72.1 Å². The molecule has 2 aromatic heterocycles. The fourth-order valence-electron chi connectivity index (χ4n) is 3.25. The van der Waals surface area contributed by atoms with Crippen LogP contribution in [0.15, 0.2) is 60.9 Å². The number of rotatable bonds is 6. The van der Waals surface area contributed by atoms with Gasteiger partial charge in [-0.25, -0.2) is 0 Å². The van der Waals surface area contributed by atoms with Crippen LogP contribution in [0.25, 0.3) is 21.8 Å². The van der Waals surface area contributed by atoms with Crippen LogP contribution in [0.2, 0.25) is 0 Å². The number of para-hydroxylation sites is 2. The van der Waals surface area contributed by atoms with Crippen LogP contribution in [-0.4, -0.2) is 44.2 Å². The summed E-state index contributed by atoms with van der Waals surface area (Å²) in [7, 11) is 0. The van der Waals surface area contributed by atoms with Crippen molar-refractivity contribution in [1.82, 2.24) is 9.97 Å². The summed E-state index contributed by atoms with van der Waals surface area (Å²) in [5, 5.41) is 19.5. The number of hydrogen-bond donors (Lipinski definition) is 6. The molecule has 0 amide bonds. The predicted molar refractivity (Wildman–Crippen MR) is 115 cm³/mol. The molecule has 2 unspecified atom stereocenters. The van der Waals surface area contributed by atoms with Crippen LogP contribution in [0.1, 0.15) is 11.1 Å². The number of nitrogens with one attached hydrogen (secondary N) is 2. The van der Waals surface area contributed by atoms with Gasteiger partial charge in [0.05, 0.1) is 0 Å². The van der Waals surface area contributed by atoms with Gasteiger partial charge in [-0.05, 0) is 23.3 Å². The molecule has 30 heavy (non-hydrogen) atoms. The average molecular weight is 408 g/mol. The first-order chi connectivity index (χ1) is 14.4. The number of benzene rings is 2. The normalized spacial score (nSPS) is 12.9. The van der Waals surface area contributed by atoms with Gasteiger partial charge in [-0.1, -0.05) is 36.4 Å². The Bertz CT molecular complexity index is 1070. The lowest BCUT2D eigenvalue weighted by molar-refractivity contribution is -0.139. The molecule has 0 radical (unpaired) electrons. The molecule has 4 rings (SSSR count). The lowest BCUT2D eigenvalue weighted by atomic mass is 10.1. The zero-order chi connectivity index (χ0) is 21.7. The van der Waals surface area contributed by atoms with Gasteiger partial charge in [0.1, 0.15) is 12.1 Å². The molecule has 4 aromatic rings. The zero-order valence-corrected chi connectivity index (χ0v) is 16.2. The molecule has 156 valence electrons. The third kappa shape index (κ3) is 4.86. The van der Waals surface area contributed by atoms with Gasteiger partial charge < -0.3 is 31.6 Å². The molecule has 2 atom stereocenters. The minimum atomic E-state index is -0.972. The molecule has 0 saturated carbocycles. The number of hydrogen-bond acceptors (Lipinski definition) is 4. The Hall–Kier alpha value is -3.62. The Morgan fingerprint density at radius 3 is 1.47 bits per heavy atom. The summed E-state index contributed by atoms with van der Waals surface area (Å²) in [4.78, 5) is 27.4. The van der Waals surface area contributed by atoms with Crippen LogP contribution in [0.4, 0.5) is 0 Å². The van der Waals surface area contributed by atoms with Crippen LogP contribution in [0.3, 0.4) is 0 Å². The summed E-state index contributed by atoms with van der Waals surface area (Å²) in [6.45, 7) is 0. The topological polar surface area (TPSA) is 158 Å². The Morgan fingerprint density at radius 1 is 0.733 bits per heavy atom. The van der Waals surface area contributed by atoms with Crippen LogP contribution >= 0.6 is 0 Å². The molecule has 8 N–H and O–H groups in total. The molecule has 0 fully saturated rings. The van der Waals surface area contributed by atoms with Crippen LogP contribution in [0.5, 0.6) is 0 Å². The van der Waals surface area contributed by atoms with E-state index < -0.39 is 24.0 Å². The van der Waals surface area contributed by atoms with Gasteiger partial charge >= 0.3 is 11.9 Å². The number of carboxylic acids is 2. The second-order valence-electron chi connectivity index (χ2n) is 7.02. The molecule has 2 heterocycles. The van der Waals surface area contributed by atoms with Crippen LogP contribution < -0.4 is 11.5 Å². The van der Waals surface area contributed by atoms with Gasteiger partial charge in [0, 0.05) is 47.0 Å². The summed E-state index contributed by atoms with van der Waals surface area (Å²) in [5.41, 5.74) is 14.9. The third-order valence-electron chi connectivity index (χ3n) is 4.86. The van der Waals surface area contributed by atoms with E-state index in [0.29, 0.717) is 12.8 Å². The summed E-state index contributed by atoms with van der Waals surface area (Å²) in [6, 6.07) is 13.8. The highest BCUT2D eigenvalue weighted by molar-refractivity contribution is 5.85. The Labute approximate surface area is 172 Å². The lowest BCUT2D eigenvalue weighted by Gasteiger charge is -2.04. The molecule has 0 bridgehead atoms. The van der Waals surface area contributed by atoms with Crippen molar-refractivity contribution in [3.63, 3.8) is 0 Å². The van der Waals surface area contributed by atoms with Gasteiger partial charge in [-0.15, -0.1) is 0 Å². The Balaban J connectivity index is 0.000000171. The summed E-state index contributed by atoms with van der Waals surface area (Å²) < 4.78 is 0. The number of nitrogens with two attached hydrogens (primary N) is 2. The van der Waals surface area contributed by atoms with Gasteiger partial charge in [-0.2, -0.15) is 0 Å². The molecule has 0 aliphatic carbocycles. The minimum Gasteiger partial charge on any atom is -0.480 e. The van der Waals surface area contributed by atoms with E-state index >= 15 is 0 Å². The van der Waals surface area contributed by atoms with Gasteiger partial charge in [0.2, 0.25) is 0 Å². The van der Waals surface area contributed by atoms with Crippen LogP contribution in [0, 0.1) is 0 Å².